The molecule has 1 amide bonds. The van der Waals surface area contributed by atoms with E-state index in [-0.39, 0.29) is 12.5 Å². The molecule has 1 atom stereocenters. The van der Waals surface area contributed by atoms with Gasteiger partial charge in [0.15, 0.2) is 0 Å². The maximum Gasteiger partial charge on any atom is 0.406 e. The van der Waals surface area contributed by atoms with E-state index < -0.39 is 12.2 Å². The van der Waals surface area contributed by atoms with Crippen LogP contribution in [-0.2, 0) is 4.74 Å². The number of methoxy groups -OCH3 is 1. The fourth-order valence-corrected chi connectivity index (χ4v) is 0.496. The minimum absolute atomic E-state index is 0.146. The highest BCUT2D eigenvalue weighted by molar-refractivity contribution is 5.66. The Morgan fingerprint density at radius 3 is 2.55 bits per heavy atom. The summed E-state index contributed by atoms with van der Waals surface area (Å²) < 4.78 is 4.32. The molecule has 0 saturated carbocycles. The molecular weight excluding hydrogens is 146 g/mol. The van der Waals surface area contributed by atoms with Crippen molar-refractivity contribution < 1.29 is 14.6 Å². The predicted octanol–water partition coefficient (Wildman–Crippen LogP) is 0.359. The van der Waals surface area contributed by atoms with E-state index in [2.05, 4.69) is 10.1 Å². The number of rotatable bonds is 3. The van der Waals surface area contributed by atoms with E-state index in [1.165, 1.54) is 7.11 Å². The number of ether oxygens (including phenoxy) is 1. The largest absolute Gasteiger partial charge is 0.453 e. The first-order chi connectivity index (χ1) is 5.07. The van der Waals surface area contributed by atoms with Crippen molar-refractivity contribution in [3.8, 4) is 0 Å². The summed E-state index contributed by atoms with van der Waals surface area (Å²) in [5.41, 5.74) is 0. The first-order valence-electron chi connectivity index (χ1n) is 3.57. The third-order valence-electron chi connectivity index (χ3n) is 1.41. The van der Waals surface area contributed by atoms with Crippen molar-refractivity contribution in [1.82, 2.24) is 5.32 Å². The molecule has 0 aliphatic rings. The number of aliphatic hydroxyl groups excluding tert-OH is 1. The number of nitrogens with one attached hydrogen (secondary N) is 1. The molecule has 0 fully saturated rings. The standard InChI is InChI=1S/C7H15NO3/c1-5(2)6(9)4-8-7(10)11-3/h5-6,9H,4H2,1-3H3,(H,8,10). The SMILES string of the molecule is COC(=O)NCC(O)C(C)C. The van der Waals surface area contributed by atoms with E-state index in [0.717, 1.165) is 0 Å². The molecule has 0 aromatic carbocycles. The Kier molecular flexibility index (Phi) is 4.61. The average molecular weight is 161 g/mol. The first-order valence-corrected chi connectivity index (χ1v) is 3.57. The molecular formula is C7H15NO3. The third-order valence-corrected chi connectivity index (χ3v) is 1.41. The minimum atomic E-state index is -0.510. The van der Waals surface area contributed by atoms with Crippen LogP contribution in [0.4, 0.5) is 4.79 Å². The lowest BCUT2D eigenvalue weighted by atomic mass is 10.1. The highest BCUT2D eigenvalue weighted by Crippen LogP contribution is 1.98. The lowest BCUT2D eigenvalue weighted by molar-refractivity contribution is 0.115. The molecule has 66 valence electrons. The molecule has 0 aromatic rings. The summed E-state index contributed by atoms with van der Waals surface area (Å²) in [6, 6.07) is 0. The highest BCUT2D eigenvalue weighted by atomic mass is 16.5. The topological polar surface area (TPSA) is 58.6 Å². The average Bonchev–Trinajstić information content (AvgIpc) is 1.99. The van der Waals surface area contributed by atoms with Crippen LogP contribution >= 0.6 is 0 Å². The summed E-state index contributed by atoms with van der Waals surface area (Å²) in [7, 11) is 1.29. The van der Waals surface area contributed by atoms with Gasteiger partial charge >= 0.3 is 6.09 Å². The predicted molar refractivity (Wildman–Crippen MR) is 41.3 cm³/mol. The van der Waals surface area contributed by atoms with E-state index in [9.17, 15) is 9.90 Å². The van der Waals surface area contributed by atoms with Crippen molar-refractivity contribution in [2.24, 2.45) is 5.92 Å². The van der Waals surface area contributed by atoms with Gasteiger partial charge in [-0.3, -0.25) is 0 Å². The second-order valence-corrected chi connectivity index (χ2v) is 2.68. The van der Waals surface area contributed by atoms with Crippen molar-refractivity contribution in [2.75, 3.05) is 13.7 Å². The zero-order valence-corrected chi connectivity index (χ0v) is 7.13. The molecule has 0 aromatic heterocycles. The zero-order valence-electron chi connectivity index (χ0n) is 7.13. The number of hydrogen-bond donors (Lipinski definition) is 2. The van der Waals surface area contributed by atoms with Gasteiger partial charge in [0.2, 0.25) is 0 Å². The van der Waals surface area contributed by atoms with Crippen LogP contribution in [0.25, 0.3) is 0 Å². The number of aliphatic hydroxyl groups is 1. The molecule has 2 N–H and O–H groups in total. The highest BCUT2D eigenvalue weighted by Gasteiger charge is 2.09. The molecule has 0 aliphatic heterocycles. The van der Waals surface area contributed by atoms with E-state index >= 15 is 0 Å². The number of alkyl carbamates (subject to hydrolysis) is 1. The van der Waals surface area contributed by atoms with E-state index in [0.29, 0.717) is 0 Å². The summed E-state index contributed by atoms with van der Waals surface area (Å²) in [5, 5.41) is 11.6. The number of hydrogen-bond acceptors (Lipinski definition) is 3. The van der Waals surface area contributed by atoms with Crippen LogP contribution in [-0.4, -0.2) is 31.0 Å². The number of carbonyl (C=O) groups is 1. The van der Waals surface area contributed by atoms with Gasteiger partial charge < -0.3 is 15.2 Å². The fourth-order valence-electron chi connectivity index (χ4n) is 0.496. The molecule has 11 heavy (non-hydrogen) atoms. The Labute approximate surface area is 66.5 Å². The monoisotopic (exact) mass is 161 g/mol. The van der Waals surface area contributed by atoms with Crippen molar-refractivity contribution in [2.45, 2.75) is 20.0 Å². The Morgan fingerprint density at radius 1 is 1.64 bits per heavy atom. The molecule has 0 heterocycles. The van der Waals surface area contributed by atoms with Crippen LogP contribution in [0.5, 0.6) is 0 Å². The van der Waals surface area contributed by atoms with Crippen LogP contribution in [0, 0.1) is 5.92 Å². The summed E-state index contributed by atoms with van der Waals surface area (Å²) in [5.74, 6) is 0.146. The zero-order chi connectivity index (χ0) is 8.85. The third kappa shape index (κ3) is 4.61. The van der Waals surface area contributed by atoms with E-state index in [1.807, 2.05) is 13.8 Å². The molecule has 0 radical (unpaired) electrons. The quantitative estimate of drug-likeness (QED) is 0.628. The van der Waals surface area contributed by atoms with Crippen molar-refractivity contribution in [3.05, 3.63) is 0 Å². The van der Waals surface area contributed by atoms with Gasteiger partial charge in [-0.25, -0.2) is 4.79 Å². The molecule has 0 rings (SSSR count). The van der Waals surface area contributed by atoms with Crippen molar-refractivity contribution in [1.29, 1.82) is 0 Å². The molecule has 4 heteroatoms. The van der Waals surface area contributed by atoms with Crippen molar-refractivity contribution >= 4 is 6.09 Å². The Hall–Kier alpha value is -0.770. The fraction of sp³-hybridized carbons (Fsp3) is 0.857. The van der Waals surface area contributed by atoms with Crippen LogP contribution in [0.3, 0.4) is 0 Å². The molecule has 0 saturated heterocycles. The van der Waals surface area contributed by atoms with E-state index in [4.69, 9.17) is 0 Å². The van der Waals surface area contributed by atoms with Crippen LogP contribution in [0.2, 0.25) is 0 Å². The summed E-state index contributed by atoms with van der Waals surface area (Å²) in [4.78, 5) is 10.5. The van der Waals surface area contributed by atoms with Crippen LogP contribution < -0.4 is 5.32 Å². The summed E-state index contributed by atoms with van der Waals surface area (Å²) in [6.07, 6.45) is -1.02. The van der Waals surface area contributed by atoms with Gasteiger partial charge in [-0.05, 0) is 5.92 Å². The Balaban J connectivity index is 3.45. The van der Waals surface area contributed by atoms with Gasteiger partial charge in [0, 0.05) is 6.54 Å². The Bertz CT molecular complexity index is 125. The first kappa shape index (κ1) is 10.2. The minimum Gasteiger partial charge on any atom is -0.453 e. The van der Waals surface area contributed by atoms with Gasteiger partial charge in [-0.2, -0.15) is 0 Å². The number of carbonyl (C=O) groups excluding carboxylic acids is 1. The Morgan fingerprint density at radius 2 is 2.18 bits per heavy atom. The van der Waals surface area contributed by atoms with E-state index in [1.54, 1.807) is 0 Å². The molecule has 0 bridgehead atoms. The van der Waals surface area contributed by atoms with Gasteiger partial charge in [0.25, 0.3) is 0 Å². The second-order valence-electron chi connectivity index (χ2n) is 2.68. The lowest BCUT2D eigenvalue weighted by Crippen LogP contribution is -2.34. The molecule has 1 unspecified atom stereocenters. The number of amides is 1. The maximum absolute atomic E-state index is 10.5. The molecule has 4 nitrogen and oxygen atoms in total. The smallest absolute Gasteiger partial charge is 0.406 e. The van der Waals surface area contributed by atoms with Gasteiger partial charge in [-0.15, -0.1) is 0 Å². The van der Waals surface area contributed by atoms with Gasteiger partial charge in [0.05, 0.1) is 13.2 Å². The van der Waals surface area contributed by atoms with Crippen LogP contribution in [0.15, 0.2) is 0 Å². The molecule has 0 aliphatic carbocycles. The van der Waals surface area contributed by atoms with Gasteiger partial charge in [0.1, 0.15) is 0 Å². The lowest BCUT2D eigenvalue weighted by Gasteiger charge is -2.13. The van der Waals surface area contributed by atoms with Crippen molar-refractivity contribution in [3.63, 3.8) is 0 Å². The van der Waals surface area contributed by atoms with Crippen LogP contribution in [0.1, 0.15) is 13.8 Å². The molecule has 0 spiro atoms. The summed E-state index contributed by atoms with van der Waals surface area (Å²) in [6.45, 7) is 4.00. The second kappa shape index (κ2) is 4.96. The van der Waals surface area contributed by atoms with Gasteiger partial charge in [-0.1, -0.05) is 13.8 Å². The summed E-state index contributed by atoms with van der Waals surface area (Å²) >= 11 is 0. The normalized spacial score (nSPS) is 12.8. The maximum atomic E-state index is 10.5.